The van der Waals surface area contributed by atoms with Crippen molar-refractivity contribution in [3.8, 4) is 0 Å². The van der Waals surface area contributed by atoms with Gasteiger partial charge >= 0.3 is 0 Å². The molecule has 0 aliphatic carbocycles. The summed E-state index contributed by atoms with van der Waals surface area (Å²) < 4.78 is 1.000. The number of likely N-dealkylation sites (tertiary alicyclic amines) is 1. The van der Waals surface area contributed by atoms with Crippen LogP contribution in [0.5, 0.6) is 0 Å². The molecule has 0 bridgehead atoms. The number of aryl methyl sites for hydroxylation is 1. The Bertz CT molecular complexity index is 1160. The highest BCUT2D eigenvalue weighted by atomic mass is 32.1. The van der Waals surface area contributed by atoms with Crippen molar-refractivity contribution in [2.75, 3.05) is 39.6 Å². The lowest BCUT2D eigenvalue weighted by Gasteiger charge is -2.20. The SMILES string of the molecule is Cc1nc2ccc(C(=O)N(C)Cc3nc(C4CC(=O)N(C)C4)cc(N(C)C)n3)cc2s1. The van der Waals surface area contributed by atoms with Crippen molar-refractivity contribution < 1.29 is 9.59 Å². The van der Waals surface area contributed by atoms with Gasteiger partial charge in [-0.25, -0.2) is 15.0 Å². The van der Waals surface area contributed by atoms with Crippen LogP contribution in [0.1, 0.15) is 39.2 Å². The van der Waals surface area contributed by atoms with E-state index in [2.05, 4.69) is 9.97 Å². The summed E-state index contributed by atoms with van der Waals surface area (Å²) in [5.74, 6) is 1.40. The van der Waals surface area contributed by atoms with Crippen molar-refractivity contribution in [2.45, 2.75) is 25.8 Å². The van der Waals surface area contributed by atoms with Gasteiger partial charge in [-0.3, -0.25) is 9.59 Å². The highest BCUT2D eigenvalue weighted by Crippen LogP contribution is 2.28. The molecule has 162 valence electrons. The molecular weight excluding hydrogens is 412 g/mol. The van der Waals surface area contributed by atoms with E-state index < -0.39 is 0 Å². The van der Waals surface area contributed by atoms with Crippen LogP contribution in [0.3, 0.4) is 0 Å². The van der Waals surface area contributed by atoms with Crippen LogP contribution < -0.4 is 4.90 Å². The van der Waals surface area contributed by atoms with E-state index in [0.29, 0.717) is 24.4 Å². The Morgan fingerprint density at radius 1 is 1.19 bits per heavy atom. The molecule has 3 aromatic rings. The maximum Gasteiger partial charge on any atom is 0.254 e. The minimum atomic E-state index is -0.0934. The van der Waals surface area contributed by atoms with Crippen LogP contribution >= 0.6 is 11.3 Å². The molecule has 1 saturated heterocycles. The molecule has 0 N–H and O–H groups in total. The van der Waals surface area contributed by atoms with Crippen molar-refractivity contribution in [2.24, 2.45) is 0 Å². The molecule has 0 spiro atoms. The van der Waals surface area contributed by atoms with E-state index in [0.717, 1.165) is 26.7 Å². The predicted molar refractivity (Wildman–Crippen MR) is 122 cm³/mol. The molecule has 3 heterocycles. The van der Waals surface area contributed by atoms with Crippen LogP contribution in [-0.2, 0) is 11.3 Å². The van der Waals surface area contributed by atoms with Crippen LogP contribution in [0.25, 0.3) is 10.2 Å². The van der Waals surface area contributed by atoms with E-state index in [1.165, 1.54) is 0 Å². The van der Waals surface area contributed by atoms with Crippen LogP contribution in [0.2, 0.25) is 0 Å². The smallest absolute Gasteiger partial charge is 0.254 e. The van der Waals surface area contributed by atoms with Crippen LogP contribution in [-0.4, -0.2) is 71.3 Å². The topological polar surface area (TPSA) is 82.5 Å². The van der Waals surface area contributed by atoms with Gasteiger partial charge in [0.15, 0.2) is 0 Å². The molecule has 2 amide bonds. The lowest BCUT2D eigenvalue weighted by atomic mass is 10.0. The minimum Gasteiger partial charge on any atom is -0.363 e. The van der Waals surface area contributed by atoms with Gasteiger partial charge in [0.05, 0.1) is 27.5 Å². The Morgan fingerprint density at radius 2 is 1.97 bits per heavy atom. The van der Waals surface area contributed by atoms with Gasteiger partial charge in [-0.2, -0.15) is 0 Å². The summed E-state index contributed by atoms with van der Waals surface area (Å²) in [7, 11) is 7.40. The number of hydrogen-bond donors (Lipinski definition) is 0. The third-order valence-electron chi connectivity index (χ3n) is 5.46. The number of fused-ring (bicyclic) bond motifs is 1. The second kappa shape index (κ2) is 8.22. The Kier molecular flexibility index (Phi) is 5.62. The van der Waals surface area contributed by atoms with Gasteiger partial charge in [0.2, 0.25) is 5.91 Å². The summed E-state index contributed by atoms with van der Waals surface area (Å²) in [4.78, 5) is 44.1. The first-order valence-corrected chi connectivity index (χ1v) is 10.9. The monoisotopic (exact) mass is 438 g/mol. The van der Waals surface area contributed by atoms with Gasteiger partial charge in [0.25, 0.3) is 5.91 Å². The highest BCUT2D eigenvalue weighted by Gasteiger charge is 2.30. The summed E-state index contributed by atoms with van der Waals surface area (Å²) in [6, 6.07) is 7.52. The molecular formula is C22H26N6O2S. The van der Waals surface area contributed by atoms with Crippen molar-refractivity contribution in [1.82, 2.24) is 24.8 Å². The molecule has 2 aromatic heterocycles. The normalized spacial score (nSPS) is 16.2. The van der Waals surface area contributed by atoms with Crippen LogP contribution in [0, 0.1) is 6.92 Å². The minimum absolute atomic E-state index is 0.0379. The molecule has 1 aliphatic rings. The number of amides is 2. The fourth-order valence-electron chi connectivity index (χ4n) is 3.75. The zero-order chi connectivity index (χ0) is 22.3. The third-order valence-corrected chi connectivity index (χ3v) is 6.40. The molecule has 8 nitrogen and oxygen atoms in total. The van der Waals surface area contributed by atoms with E-state index in [1.54, 1.807) is 28.2 Å². The van der Waals surface area contributed by atoms with Crippen molar-refractivity contribution in [3.63, 3.8) is 0 Å². The molecule has 1 fully saturated rings. The van der Waals surface area contributed by atoms with Gasteiger partial charge in [0, 0.05) is 58.7 Å². The average Bonchev–Trinajstić information content (AvgIpc) is 3.27. The first-order valence-electron chi connectivity index (χ1n) is 10.1. The maximum atomic E-state index is 13.0. The van der Waals surface area contributed by atoms with E-state index in [9.17, 15) is 9.59 Å². The van der Waals surface area contributed by atoms with Gasteiger partial charge < -0.3 is 14.7 Å². The zero-order valence-corrected chi connectivity index (χ0v) is 19.2. The quantitative estimate of drug-likeness (QED) is 0.609. The first kappa shape index (κ1) is 21.2. The molecule has 1 unspecified atom stereocenters. The maximum absolute atomic E-state index is 13.0. The number of aromatic nitrogens is 3. The summed E-state index contributed by atoms with van der Waals surface area (Å²) in [6.45, 7) is 2.88. The third kappa shape index (κ3) is 4.36. The van der Waals surface area contributed by atoms with Crippen LogP contribution in [0.4, 0.5) is 5.82 Å². The summed E-state index contributed by atoms with van der Waals surface area (Å²) in [6.07, 6.45) is 0.447. The average molecular weight is 439 g/mol. The molecule has 1 aromatic carbocycles. The van der Waals surface area contributed by atoms with Crippen molar-refractivity contribution >= 4 is 39.2 Å². The molecule has 1 atom stereocenters. The second-order valence-corrected chi connectivity index (χ2v) is 9.45. The Balaban J connectivity index is 1.58. The summed E-state index contributed by atoms with van der Waals surface area (Å²) in [5, 5.41) is 0.977. The predicted octanol–water partition coefficient (Wildman–Crippen LogP) is 2.68. The molecule has 31 heavy (non-hydrogen) atoms. The number of thiazole rings is 1. The van der Waals surface area contributed by atoms with Gasteiger partial charge in [-0.15, -0.1) is 11.3 Å². The zero-order valence-electron chi connectivity index (χ0n) is 18.4. The number of hydrogen-bond acceptors (Lipinski definition) is 7. The van der Waals surface area contributed by atoms with Gasteiger partial charge in [0.1, 0.15) is 11.6 Å². The number of anilines is 1. The largest absolute Gasteiger partial charge is 0.363 e. The fourth-order valence-corrected chi connectivity index (χ4v) is 4.62. The number of likely N-dealkylation sites (N-methyl/N-ethyl adjacent to an activating group) is 1. The van der Waals surface area contributed by atoms with Gasteiger partial charge in [-0.1, -0.05) is 0 Å². The number of nitrogens with zero attached hydrogens (tertiary/aromatic N) is 6. The number of benzene rings is 1. The molecule has 1 aliphatic heterocycles. The van der Waals surface area contributed by atoms with E-state index in [4.69, 9.17) is 4.98 Å². The molecule has 0 radical (unpaired) electrons. The van der Waals surface area contributed by atoms with E-state index in [1.807, 2.05) is 57.2 Å². The summed E-state index contributed by atoms with van der Waals surface area (Å²) in [5.41, 5.74) is 2.36. The van der Waals surface area contributed by atoms with Crippen molar-refractivity contribution in [3.05, 3.63) is 46.4 Å². The summed E-state index contributed by atoms with van der Waals surface area (Å²) >= 11 is 1.58. The molecule has 9 heteroatoms. The lowest BCUT2D eigenvalue weighted by Crippen LogP contribution is -2.28. The standard InChI is InChI=1S/C22H26N6O2S/c1-13-23-16-7-6-14(8-18(16)31-13)22(30)28(5)12-19-24-17(10-20(25-19)26(2)3)15-9-21(29)27(4)11-15/h6-8,10,15H,9,11-12H2,1-5H3. The van der Waals surface area contributed by atoms with Crippen LogP contribution in [0.15, 0.2) is 24.3 Å². The van der Waals surface area contributed by atoms with Gasteiger partial charge in [-0.05, 0) is 25.1 Å². The number of carbonyl (C=O) groups is 2. The number of carbonyl (C=O) groups excluding carboxylic acids is 2. The fraction of sp³-hybridized carbons (Fsp3) is 0.409. The van der Waals surface area contributed by atoms with E-state index in [-0.39, 0.29) is 24.3 Å². The second-order valence-electron chi connectivity index (χ2n) is 8.21. The first-order chi connectivity index (χ1) is 14.7. The Labute approximate surface area is 185 Å². The molecule has 0 saturated carbocycles. The number of rotatable bonds is 5. The van der Waals surface area contributed by atoms with E-state index >= 15 is 0 Å². The highest BCUT2D eigenvalue weighted by molar-refractivity contribution is 7.18. The lowest BCUT2D eigenvalue weighted by molar-refractivity contribution is -0.126. The Hall–Kier alpha value is -3.07. The Morgan fingerprint density at radius 3 is 2.65 bits per heavy atom. The molecule has 4 rings (SSSR count). The van der Waals surface area contributed by atoms with Crippen molar-refractivity contribution in [1.29, 1.82) is 0 Å².